The van der Waals surface area contributed by atoms with E-state index in [1.54, 1.807) is 0 Å². The van der Waals surface area contributed by atoms with E-state index >= 15 is 0 Å². The van der Waals surface area contributed by atoms with Crippen molar-refractivity contribution < 1.29 is 13.9 Å². The maximum absolute atomic E-state index is 12.8. The molecule has 1 aliphatic heterocycles. The molecule has 0 atom stereocenters. The van der Waals surface area contributed by atoms with Crippen LogP contribution in [-0.2, 0) is 0 Å². The van der Waals surface area contributed by atoms with Gasteiger partial charge in [-0.2, -0.15) is 0 Å². The molecule has 0 N–H and O–H groups in total. The molecule has 1 aromatic carbocycles. The van der Waals surface area contributed by atoms with Crippen molar-refractivity contribution in [3.8, 4) is 5.88 Å². The Hall–Kier alpha value is -3.09. The van der Waals surface area contributed by atoms with Gasteiger partial charge >= 0.3 is 0 Å². The first-order valence-electron chi connectivity index (χ1n) is 10.8. The lowest BCUT2D eigenvalue weighted by molar-refractivity contribution is 0.0717. The normalized spacial score (nSPS) is 18.0. The monoisotopic (exact) mass is 406 g/mol. The van der Waals surface area contributed by atoms with Crippen molar-refractivity contribution in [2.75, 3.05) is 31.1 Å². The number of benzene rings is 1. The average molecular weight is 406 g/mol. The van der Waals surface area contributed by atoms with Gasteiger partial charge in [0.2, 0.25) is 5.88 Å². The number of nitrogens with zero attached hydrogens (tertiary/aromatic N) is 4. The van der Waals surface area contributed by atoms with Gasteiger partial charge in [-0.1, -0.05) is 24.6 Å². The van der Waals surface area contributed by atoms with Crippen molar-refractivity contribution in [2.45, 2.75) is 38.2 Å². The molecule has 0 unspecified atom stereocenters. The van der Waals surface area contributed by atoms with Gasteiger partial charge in [0.15, 0.2) is 11.6 Å². The number of amides is 1. The van der Waals surface area contributed by atoms with Crippen molar-refractivity contribution in [1.82, 2.24) is 15.1 Å². The number of hydrogen-bond acceptors (Lipinski definition) is 6. The fourth-order valence-corrected chi connectivity index (χ4v) is 4.28. The SMILES string of the molecule is O=C(c1cc2ccccc2o1)N1CCN(c2ccc(OC3CCCCC3)nn2)CC1. The van der Waals surface area contributed by atoms with Gasteiger partial charge in [0.1, 0.15) is 11.7 Å². The minimum Gasteiger partial charge on any atom is -0.473 e. The Balaban J connectivity index is 1.17. The largest absolute Gasteiger partial charge is 0.473 e. The molecule has 0 spiro atoms. The van der Waals surface area contributed by atoms with Crippen molar-refractivity contribution in [1.29, 1.82) is 0 Å². The minimum atomic E-state index is -0.0619. The Bertz CT molecular complexity index is 970. The smallest absolute Gasteiger partial charge is 0.289 e. The zero-order valence-electron chi connectivity index (χ0n) is 17.0. The number of aromatic nitrogens is 2. The summed E-state index contributed by atoms with van der Waals surface area (Å²) in [5, 5.41) is 9.57. The van der Waals surface area contributed by atoms with Gasteiger partial charge < -0.3 is 19.0 Å². The van der Waals surface area contributed by atoms with E-state index in [1.165, 1.54) is 19.3 Å². The van der Waals surface area contributed by atoms with Gasteiger partial charge in [-0.3, -0.25) is 4.79 Å². The Labute approximate surface area is 175 Å². The van der Waals surface area contributed by atoms with Crippen molar-refractivity contribution in [3.63, 3.8) is 0 Å². The van der Waals surface area contributed by atoms with Crippen LogP contribution >= 0.6 is 0 Å². The van der Waals surface area contributed by atoms with E-state index < -0.39 is 0 Å². The Morgan fingerprint density at radius 2 is 1.77 bits per heavy atom. The van der Waals surface area contributed by atoms with Gasteiger partial charge in [-0.05, 0) is 43.9 Å². The standard InChI is InChI=1S/C23H26N4O3/c28-23(20-16-17-6-4-5-9-19(17)30-20)27-14-12-26(13-15-27)21-10-11-22(25-24-21)29-18-7-2-1-3-8-18/h4-6,9-11,16,18H,1-3,7-8,12-15H2. The first-order valence-corrected chi connectivity index (χ1v) is 10.8. The van der Waals surface area contributed by atoms with Crippen molar-refractivity contribution >= 4 is 22.7 Å². The van der Waals surface area contributed by atoms with Crippen LogP contribution in [0.2, 0.25) is 0 Å². The van der Waals surface area contributed by atoms with Crippen LogP contribution in [0.25, 0.3) is 11.0 Å². The molecule has 2 aliphatic rings. The number of fused-ring (bicyclic) bond motifs is 1. The lowest BCUT2D eigenvalue weighted by Gasteiger charge is -2.34. The number of piperazine rings is 1. The number of carbonyl (C=O) groups excluding carboxylic acids is 1. The van der Waals surface area contributed by atoms with Gasteiger partial charge in [0.25, 0.3) is 5.91 Å². The molecule has 0 bridgehead atoms. The van der Waals surface area contributed by atoms with Crippen LogP contribution in [0.3, 0.4) is 0 Å². The van der Waals surface area contributed by atoms with E-state index in [1.807, 2.05) is 47.4 Å². The van der Waals surface area contributed by atoms with Crippen LogP contribution in [0.5, 0.6) is 5.88 Å². The van der Waals surface area contributed by atoms with Gasteiger partial charge in [0, 0.05) is 37.6 Å². The lowest BCUT2D eigenvalue weighted by atomic mass is 9.98. The molecule has 7 heteroatoms. The first-order chi connectivity index (χ1) is 14.8. The van der Waals surface area contributed by atoms with Crippen molar-refractivity contribution in [2.24, 2.45) is 0 Å². The highest BCUT2D eigenvalue weighted by Crippen LogP contribution is 2.24. The third kappa shape index (κ3) is 3.97. The number of ether oxygens (including phenoxy) is 1. The molecule has 7 nitrogen and oxygen atoms in total. The molecule has 3 aromatic rings. The van der Waals surface area contributed by atoms with E-state index in [0.29, 0.717) is 37.8 Å². The molecule has 30 heavy (non-hydrogen) atoms. The van der Waals surface area contributed by atoms with Crippen LogP contribution in [0.4, 0.5) is 5.82 Å². The lowest BCUT2D eigenvalue weighted by Crippen LogP contribution is -2.49. The number of carbonyl (C=O) groups is 1. The van der Waals surface area contributed by atoms with Gasteiger partial charge in [-0.15, -0.1) is 10.2 Å². The topological polar surface area (TPSA) is 71.7 Å². The predicted octanol–water partition coefficient (Wildman–Crippen LogP) is 3.90. The number of furan rings is 1. The second-order valence-corrected chi connectivity index (χ2v) is 8.04. The fourth-order valence-electron chi connectivity index (χ4n) is 4.28. The average Bonchev–Trinajstić information content (AvgIpc) is 3.24. The summed E-state index contributed by atoms with van der Waals surface area (Å²) >= 11 is 0. The number of anilines is 1. The molecule has 2 aromatic heterocycles. The van der Waals surface area contributed by atoms with E-state index in [0.717, 1.165) is 29.6 Å². The fraction of sp³-hybridized carbons (Fsp3) is 0.435. The molecule has 1 saturated carbocycles. The highest BCUT2D eigenvalue weighted by atomic mass is 16.5. The summed E-state index contributed by atoms with van der Waals surface area (Å²) in [6.45, 7) is 2.67. The number of hydrogen-bond donors (Lipinski definition) is 0. The zero-order valence-corrected chi connectivity index (χ0v) is 17.0. The molecular weight excluding hydrogens is 380 g/mol. The molecule has 3 heterocycles. The zero-order chi connectivity index (χ0) is 20.3. The van der Waals surface area contributed by atoms with Crippen LogP contribution in [-0.4, -0.2) is 53.3 Å². The van der Waals surface area contributed by atoms with E-state index in [2.05, 4.69) is 15.1 Å². The molecule has 1 aliphatic carbocycles. The summed E-state index contributed by atoms with van der Waals surface area (Å²) in [5.74, 6) is 1.76. The Morgan fingerprint density at radius 1 is 0.967 bits per heavy atom. The summed E-state index contributed by atoms with van der Waals surface area (Å²) in [5.41, 5.74) is 0.741. The third-order valence-electron chi connectivity index (χ3n) is 5.99. The molecule has 1 saturated heterocycles. The molecule has 2 fully saturated rings. The summed E-state index contributed by atoms with van der Waals surface area (Å²) in [6.07, 6.45) is 6.23. The molecule has 156 valence electrons. The minimum absolute atomic E-state index is 0.0619. The summed E-state index contributed by atoms with van der Waals surface area (Å²) in [6, 6.07) is 13.4. The molecule has 1 amide bonds. The first kappa shape index (κ1) is 18.9. The predicted molar refractivity (Wildman–Crippen MR) is 114 cm³/mol. The maximum Gasteiger partial charge on any atom is 0.289 e. The van der Waals surface area contributed by atoms with Gasteiger partial charge in [-0.25, -0.2) is 0 Å². The second-order valence-electron chi connectivity index (χ2n) is 8.04. The Morgan fingerprint density at radius 3 is 2.50 bits per heavy atom. The van der Waals surface area contributed by atoms with Crippen LogP contribution in [0.15, 0.2) is 46.9 Å². The van der Waals surface area contributed by atoms with Gasteiger partial charge in [0.05, 0.1) is 0 Å². The number of para-hydroxylation sites is 1. The second kappa shape index (κ2) is 8.34. The van der Waals surface area contributed by atoms with E-state index in [-0.39, 0.29) is 12.0 Å². The summed E-state index contributed by atoms with van der Waals surface area (Å²) in [4.78, 5) is 16.8. The van der Waals surface area contributed by atoms with Crippen LogP contribution < -0.4 is 9.64 Å². The third-order valence-corrected chi connectivity index (χ3v) is 5.99. The molecular formula is C23H26N4O3. The highest BCUT2D eigenvalue weighted by molar-refractivity contribution is 5.96. The maximum atomic E-state index is 12.8. The molecule has 5 rings (SSSR count). The number of rotatable bonds is 4. The van der Waals surface area contributed by atoms with E-state index in [4.69, 9.17) is 9.15 Å². The van der Waals surface area contributed by atoms with E-state index in [9.17, 15) is 4.79 Å². The Kier molecular flexibility index (Phi) is 5.26. The summed E-state index contributed by atoms with van der Waals surface area (Å²) in [7, 11) is 0. The van der Waals surface area contributed by atoms with Crippen LogP contribution in [0, 0.1) is 0 Å². The van der Waals surface area contributed by atoms with Crippen LogP contribution in [0.1, 0.15) is 42.7 Å². The summed E-state index contributed by atoms with van der Waals surface area (Å²) < 4.78 is 11.7. The highest BCUT2D eigenvalue weighted by Gasteiger charge is 2.25. The quantitative estimate of drug-likeness (QED) is 0.654. The molecule has 0 radical (unpaired) electrons. The van der Waals surface area contributed by atoms with Crippen molar-refractivity contribution in [3.05, 3.63) is 48.2 Å².